The number of nitrogens with one attached hydrogen (secondary N) is 2. The van der Waals surface area contributed by atoms with Crippen molar-refractivity contribution in [3.05, 3.63) is 53.2 Å². The van der Waals surface area contributed by atoms with E-state index in [4.69, 9.17) is 4.74 Å². The third-order valence-electron chi connectivity index (χ3n) is 5.48. The zero-order chi connectivity index (χ0) is 23.6. The number of ether oxygens (including phenoxy) is 1. The highest BCUT2D eigenvalue weighted by Gasteiger charge is 2.24. The van der Waals surface area contributed by atoms with Crippen molar-refractivity contribution in [2.24, 2.45) is 0 Å². The minimum Gasteiger partial charge on any atom is -0.489 e. The Labute approximate surface area is 189 Å². The Balaban J connectivity index is 1.96. The molecule has 2 N–H and O–H groups in total. The Morgan fingerprint density at radius 2 is 1.78 bits per heavy atom. The molecule has 0 atom stereocenters. The highest BCUT2D eigenvalue weighted by atomic mass is 32.2. The summed E-state index contributed by atoms with van der Waals surface area (Å²) < 4.78 is 33.1. The van der Waals surface area contributed by atoms with E-state index in [1.54, 1.807) is 26.0 Å². The summed E-state index contributed by atoms with van der Waals surface area (Å²) in [6.07, 6.45) is -0.195. The topological polar surface area (TPSA) is 91.5 Å². The first kappa shape index (κ1) is 23.8. The van der Waals surface area contributed by atoms with Gasteiger partial charge in [0.15, 0.2) is 0 Å². The molecule has 7 nitrogen and oxygen atoms in total. The summed E-state index contributed by atoms with van der Waals surface area (Å²) in [6, 6.07) is 10.1. The molecule has 172 valence electrons. The van der Waals surface area contributed by atoms with Crippen molar-refractivity contribution >= 4 is 32.5 Å². The highest BCUT2D eigenvalue weighted by Crippen LogP contribution is 2.31. The lowest BCUT2D eigenvalue weighted by molar-refractivity contribution is 0.102. The molecule has 0 aliphatic heterocycles. The van der Waals surface area contributed by atoms with Crippen LogP contribution in [0.1, 0.15) is 49.3 Å². The summed E-state index contributed by atoms with van der Waals surface area (Å²) >= 11 is 0. The molecule has 32 heavy (non-hydrogen) atoms. The van der Waals surface area contributed by atoms with Gasteiger partial charge in [-0.15, -0.1) is 0 Å². The molecule has 3 rings (SSSR count). The number of fused-ring (bicyclic) bond motifs is 1. The molecule has 1 heterocycles. The van der Waals surface area contributed by atoms with Crippen molar-refractivity contribution in [3.63, 3.8) is 0 Å². The first-order chi connectivity index (χ1) is 15.1. The average Bonchev–Trinajstić information content (AvgIpc) is 3.02. The molecule has 2 aromatic carbocycles. The minimum atomic E-state index is -3.65. The van der Waals surface area contributed by atoms with Crippen molar-refractivity contribution in [3.8, 4) is 5.75 Å². The Kier molecular flexibility index (Phi) is 6.95. The molecule has 0 aliphatic rings. The number of carbonyl (C=O) groups is 1. The molecule has 0 unspecified atom stereocenters. The lowest BCUT2D eigenvalue weighted by Gasteiger charge is -2.21. The van der Waals surface area contributed by atoms with Crippen LogP contribution in [0.25, 0.3) is 10.9 Å². The molecule has 0 saturated heterocycles. The number of nitrogens with zero attached hydrogens (tertiary/aromatic N) is 1. The van der Waals surface area contributed by atoms with Gasteiger partial charge in [0.25, 0.3) is 5.91 Å². The summed E-state index contributed by atoms with van der Waals surface area (Å²) in [5, 5.41) is 3.87. The second kappa shape index (κ2) is 9.34. The van der Waals surface area contributed by atoms with E-state index >= 15 is 0 Å². The van der Waals surface area contributed by atoms with E-state index in [9.17, 15) is 13.2 Å². The SMILES string of the molecule is CCN(CC)S(=O)(=O)c1ccc(NC(=O)c2ccc3[nH]c(C)c(C)c3c2)c(OC(C)C)c1. The van der Waals surface area contributed by atoms with E-state index in [2.05, 4.69) is 10.3 Å². The van der Waals surface area contributed by atoms with E-state index in [1.807, 2.05) is 39.8 Å². The number of benzene rings is 2. The van der Waals surface area contributed by atoms with Crippen LogP contribution in [-0.2, 0) is 10.0 Å². The number of sulfonamides is 1. The summed E-state index contributed by atoms with van der Waals surface area (Å²) in [5.41, 5.74) is 4.07. The number of anilines is 1. The number of aryl methyl sites for hydroxylation is 2. The maximum Gasteiger partial charge on any atom is 0.255 e. The second-order valence-corrected chi connectivity index (χ2v) is 9.94. The quantitative estimate of drug-likeness (QED) is 0.506. The summed E-state index contributed by atoms with van der Waals surface area (Å²) in [5.74, 6) is 0.0226. The Morgan fingerprint density at radius 1 is 1.09 bits per heavy atom. The van der Waals surface area contributed by atoms with Gasteiger partial charge in [0.05, 0.1) is 16.7 Å². The second-order valence-electron chi connectivity index (χ2n) is 8.00. The molecule has 0 spiro atoms. The predicted octanol–water partition coefficient (Wildman–Crippen LogP) is 4.85. The largest absolute Gasteiger partial charge is 0.489 e. The monoisotopic (exact) mass is 457 g/mol. The van der Waals surface area contributed by atoms with E-state index in [-0.39, 0.29) is 16.9 Å². The number of hydrogen-bond acceptors (Lipinski definition) is 4. The van der Waals surface area contributed by atoms with Gasteiger partial charge in [-0.3, -0.25) is 4.79 Å². The van der Waals surface area contributed by atoms with Gasteiger partial charge in [0.1, 0.15) is 5.75 Å². The van der Waals surface area contributed by atoms with E-state index in [0.717, 1.165) is 22.2 Å². The van der Waals surface area contributed by atoms with Gasteiger partial charge in [-0.05, 0) is 63.6 Å². The molecular weight excluding hydrogens is 426 g/mol. The predicted molar refractivity (Wildman–Crippen MR) is 128 cm³/mol. The fraction of sp³-hybridized carbons (Fsp3) is 0.375. The fourth-order valence-electron chi connectivity index (χ4n) is 3.63. The molecule has 1 aromatic heterocycles. The smallest absolute Gasteiger partial charge is 0.255 e. The van der Waals surface area contributed by atoms with E-state index < -0.39 is 10.0 Å². The molecule has 0 bridgehead atoms. The maximum absolute atomic E-state index is 13.0. The van der Waals surface area contributed by atoms with Crippen LogP contribution in [0.5, 0.6) is 5.75 Å². The zero-order valence-electron chi connectivity index (χ0n) is 19.4. The van der Waals surface area contributed by atoms with Crippen molar-refractivity contribution in [1.82, 2.24) is 9.29 Å². The van der Waals surface area contributed by atoms with Crippen LogP contribution in [0.4, 0.5) is 5.69 Å². The number of carbonyl (C=O) groups excluding carboxylic acids is 1. The first-order valence-electron chi connectivity index (χ1n) is 10.8. The molecule has 1 amide bonds. The van der Waals surface area contributed by atoms with Gasteiger partial charge in [-0.2, -0.15) is 4.31 Å². The molecule has 3 aromatic rings. The molecule has 0 fully saturated rings. The van der Waals surface area contributed by atoms with Crippen LogP contribution in [0.3, 0.4) is 0 Å². The third-order valence-corrected chi connectivity index (χ3v) is 7.52. The van der Waals surface area contributed by atoms with Crippen molar-refractivity contribution in [2.75, 3.05) is 18.4 Å². The van der Waals surface area contributed by atoms with Gasteiger partial charge in [-0.1, -0.05) is 13.8 Å². The van der Waals surface area contributed by atoms with Gasteiger partial charge in [0, 0.05) is 41.3 Å². The number of H-pyrrole nitrogens is 1. The Bertz CT molecular complexity index is 1240. The van der Waals surface area contributed by atoms with E-state index in [1.165, 1.54) is 16.4 Å². The van der Waals surface area contributed by atoms with Crippen molar-refractivity contribution in [2.45, 2.75) is 52.5 Å². The lowest BCUT2D eigenvalue weighted by atomic mass is 10.1. The Morgan fingerprint density at radius 3 is 2.41 bits per heavy atom. The lowest BCUT2D eigenvalue weighted by Crippen LogP contribution is -2.30. The average molecular weight is 458 g/mol. The molecular formula is C24H31N3O4S. The number of hydrogen-bond donors (Lipinski definition) is 2. The van der Waals surface area contributed by atoms with Crippen molar-refractivity contribution < 1.29 is 17.9 Å². The number of aromatic nitrogens is 1. The van der Waals surface area contributed by atoms with Crippen LogP contribution in [0, 0.1) is 13.8 Å². The van der Waals surface area contributed by atoms with Gasteiger partial charge < -0.3 is 15.0 Å². The molecule has 8 heteroatoms. The third kappa shape index (κ3) is 4.66. The van der Waals surface area contributed by atoms with Crippen LogP contribution in [0.15, 0.2) is 41.3 Å². The van der Waals surface area contributed by atoms with Gasteiger partial charge in [0.2, 0.25) is 10.0 Å². The first-order valence-corrected chi connectivity index (χ1v) is 12.2. The van der Waals surface area contributed by atoms with Gasteiger partial charge in [-0.25, -0.2) is 8.42 Å². The normalized spacial score (nSPS) is 12.0. The summed E-state index contributed by atoms with van der Waals surface area (Å²) in [4.78, 5) is 16.4. The summed E-state index contributed by atoms with van der Waals surface area (Å²) in [6.45, 7) is 12.1. The van der Waals surface area contributed by atoms with Crippen LogP contribution in [-0.4, -0.2) is 42.8 Å². The van der Waals surface area contributed by atoms with Gasteiger partial charge >= 0.3 is 0 Å². The number of amides is 1. The molecule has 0 saturated carbocycles. The Hall–Kier alpha value is -2.84. The maximum atomic E-state index is 13.0. The zero-order valence-corrected chi connectivity index (χ0v) is 20.3. The van der Waals surface area contributed by atoms with Crippen LogP contribution in [0.2, 0.25) is 0 Å². The van der Waals surface area contributed by atoms with Crippen LogP contribution >= 0.6 is 0 Å². The van der Waals surface area contributed by atoms with E-state index in [0.29, 0.717) is 30.1 Å². The van der Waals surface area contributed by atoms with Crippen molar-refractivity contribution in [1.29, 1.82) is 0 Å². The van der Waals surface area contributed by atoms with Crippen LogP contribution < -0.4 is 10.1 Å². The number of rotatable bonds is 8. The molecule has 0 radical (unpaired) electrons. The standard InChI is InChI=1S/C24H31N3O4S/c1-7-27(8-2)32(29,30)19-10-12-22(23(14-19)31-15(3)4)26-24(28)18-9-11-21-20(13-18)16(5)17(6)25-21/h9-15,25H,7-8H2,1-6H3,(H,26,28). The summed E-state index contributed by atoms with van der Waals surface area (Å²) in [7, 11) is -3.65. The highest BCUT2D eigenvalue weighted by molar-refractivity contribution is 7.89. The molecule has 0 aliphatic carbocycles. The fourth-order valence-corrected chi connectivity index (χ4v) is 5.10. The number of aromatic amines is 1. The minimum absolute atomic E-state index is 0.134.